The van der Waals surface area contributed by atoms with Crippen molar-refractivity contribution in [3.8, 4) is 0 Å². The summed E-state index contributed by atoms with van der Waals surface area (Å²) in [5, 5.41) is 3.46. The Hall–Kier alpha value is -1.15. The second kappa shape index (κ2) is 3.21. The zero-order valence-corrected chi connectivity index (χ0v) is 8.63. The van der Waals surface area contributed by atoms with Crippen molar-refractivity contribution in [1.82, 2.24) is 5.32 Å². The van der Waals surface area contributed by atoms with Gasteiger partial charge in [0.15, 0.2) is 0 Å². The van der Waals surface area contributed by atoms with Crippen LogP contribution in [0.2, 0.25) is 0 Å². The van der Waals surface area contributed by atoms with Crippen molar-refractivity contribution in [3.63, 3.8) is 0 Å². The second-order valence-electron chi connectivity index (χ2n) is 4.56. The van der Waals surface area contributed by atoms with Crippen LogP contribution in [0.4, 0.5) is 0 Å². The van der Waals surface area contributed by atoms with Crippen molar-refractivity contribution in [2.45, 2.75) is 32.4 Å². The Morgan fingerprint density at radius 1 is 1.36 bits per heavy atom. The number of hydrogen-bond acceptors (Lipinski definition) is 2. The Kier molecular flexibility index (Phi) is 2.16. The molecule has 0 bridgehead atoms. The number of carbonyl (C=O) groups is 1. The molecule has 1 heterocycles. The molecule has 0 amide bonds. The number of rotatable bonds is 1. The number of aldehydes is 1. The predicted octanol–water partition coefficient (Wildman–Crippen LogP) is 1.92. The standard InChI is InChI=1S/C12H15NO/c1-12(2)6-11-5-9(8-14)3-4-10(11)7-13-12/h3-5,8,13H,6-7H2,1-2H3. The predicted molar refractivity (Wildman–Crippen MR) is 56.5 cm³/mol. The van der Waals surface area contributed by atoms with Crippen LogP contribution in [-0.4, -0.2) is 11.8 Å². The van der Waals surface area contributed by atoms with E-state index in [4.69, 9.17) is 0 Å². The molecule has 1 aromatic rings. The van der Waals surface area contributed by atoms with E-state index in [9.17, 15) is 4.79 Å². The minimum atomic E-state index is 0.147. The maximum absolute atomic E-state index is 10.6. The van der Waals surface area contributed by atoms with E-state index < -0.39 is 0 Å². The Morgan fingerprint density at radius 3 is 2.86 bits per heavy atom. The number of fused-ring (bicyclic) bond motifs is 1. The molecular formula is C12H15NO. The summed E-state index contributed by atoms with van der Waals surface area (Å²) in [7, 11) is 0. The molecule has 1 aliphatic rings. The molecule has 0 spiro atoms. The Balaban J connectivity index is 2.39. The number of benzene rings is 1. The molecule has 1 aromatic carbocycles. The van der Waals surface area contributed by atoms with Gasteiger partial charge >= 0.3 is 0 Å². The monoisotopic (exact) mass is 189 g/mol. The zero-order valence-electron chi connectivity index (χ0n) is 8.63. The summed E-state index contributed by atoms with van der Waals surface area (Å²) >= 11 is 0. The van der Waals surface area contributed by atoms with Crippen LogP contribution < -0.4 is 5.32 Å². The molecule has 1 N–H and O–H groups in total. The summed E-state index contributed by atoms with van der Waals surface area (Å²) in [5.74, 6) is 0. The van der Waals surface area contributed by atoms with Gasteiger partial charge in [-0.3, -0.25) is 4.79 Å². The van der Waals surface area contributed by atoms with Gasteiger partial charge in [-0.1, -0.05) is 12.1 Å². The van der Waals surface area contributed by atoms with Crippen LogP contribution in [0.25, 0.3) is 0 Å². The van der Waals surface area contributed by atoms with E-state index in [1.807, 2.05) is 18.2 Å². The second-order valence-corrected chi connectivity index (χ2v) is 4.56. The smallest absolute Gasteiger partial charge is 0.150 e. The summed E-state index contributed by atoms with van der Waals surface area (Å²) in [6, 6.07) is 5.93. The molecule has 0 aromatic heterocycles. The van der Waals surface area contributed by atoms with Gasteiger partial charge < -0.3 is 5.32 Å². The fraction of sp³-hybridized carbons (Fsp3) is 0.417. The van der Waals surface area contributed by atoms with Crippen LogP contribution in [0.3, 0.4) is 0 Å². The van der Waals surface area contributed by atoms with Gasteiger partial charge in [-0.2, -0.15) is 0 Å². The lowest BCUT2D eigenvalue weighted by molar-refractivity contribution is 0.112. The van der Waals surface area contributed by atoms with E-state index in [-0.39, 0.29) is 5.54 Å². The summed E-state index contributed by atoms with van der Waals surface area (Å²) in [4.78, 5) is 10.6. The van der Waals surface area contributed by atoms with Crippen LogP contribution in [0.1, 0.15) is 35.3 Å². The SMILES string of the molecule is CC1(C)Cc2cc(C=O)ccc2CN1. The van der Waals surface area contributed by atoms with Gasteiger partial charge in [0.05, 0.1) is 0 Å². The molecule has 74 valence electrons. The van der Waals surface area contributed by atoms with Gasteiger partial charge in [0, 0.05) is 17.6 Å². The third kappa shape index (κ3) is 1.70. The summed E-state index contributed by atoms with van der Waals surface area (Å²) < 4.78 is 0. The summed E-state index contributed by atoms with van der Waals surface area (Å²) in [5.41, 5.74) is 3.55. The molecule has 0 atom stereocenters. The maximum Gasteiger partial charge on any atom is 0.150 e. The lowest BCUT2D eigenvalue weighted by Crippen LogP contribution is -2.44. The molecule has 2 rings (SSSR count). The van der Waals surface area contributed by atoms with Gasteiger partial charge in [0.25, 0.3) is 0 Å². The fourth-order valence-electron chi connectivity index (χ4n) is 1.93. The minimum Gasteiger partial charge on any atom is -0.307 e. The van der Waals surface area contributed by atoms with E-state index in [0.29, 0.717) is 0 Å². The van der Waals surface area contributed by atoms with E-state index in [0.717, 1.165) is 24.8 Å². The highest BCUT2D eigenvalue weighted by molar-refractivity contribution is 5.75. The lowest BCUT2D eigenvalue weighted by Gasteiger charge is -2.32. The molecule has 0 radical (unpaired) electrons. The average molecular weight is 189 g/mol. The van der Waals surface area contributed by atoms with Gasteiger partial charge in [-0.15, -0.1) is 0 Å². The van der Waals surface area contributed by atoms with Crippen molar-refractivity contribution in [3.05, 3.63) is 34.9 Å². The average Bonchev–Trinajstić information content (AvgIpc) is 2.15. The van der Waals surface area contributed by atoms with Crippen LogP contribution in [0.15, 0.2) is 18.2 Å². The van der Waals surface area contributed by atoms with E-state index in [2.05, 4.69) is 19.2 Å². The van der Waals surface area contributed by atoms with Crippen molar-refractivity contribution in [2.75, 3.05) is 0 Å². The van der Waals surface area contributed by atoms with Gasteiger partial charge in [-0.05, 0) is 37.5 Å². The van der Waals surface area contributed by atoms with Crippen LogP contribution in [0, 0.1) is 0 Å². The third-order valence-electron chi connectivity index (χ3n) is 2.76. The van der Waals surface area contributed by atoms with Crippen LogP contribution >= 0.6 is 0 Å². The quantitative estimate of drug-likeness (QED) is 0.684. The first-order chi connectivity index (χ1) is 6.61. The maximum atomic E-state index is 10.6. The molecule has 0 saturated carbocycles. The van der Waals surface area contributed by atoms with Gasteiger partial charge in [0.1, 0.15) is 6.29 Å². The Bertz CT molecular complexity index is 369. The first-order valence-corrected chi connectivity index (χ1v) is 4.93. The first-order valence-electron chi connectivity index (χ1n) is 4.93. The highest BCUT2D eigenvalue weighted by atomic mass is 16.1. The molecule has 0 unspecified atom stereocenters. The zero-order chi connectivity index (χ0) is 10.2. The minimum absolute atomic E-state index is 0.147. The van der Waals surface area contributed by atoms with Crippen LogP contribution in [-0.2, 0) is 13.0 Å². The largest absolute Gasteiger partial charge is 0.307 e. The molecule has 14 heavy (non-hydrogen) atoms. The highest BCUT2D eigenvalue weighted by Crippen LogP contribution is 2.23. The fourth-order valence-corrected chi connectivity index (χ4v) is 1.93. The summed E-state index contributed by atoms with van der Waals surface area (Å²) in [6.07, 6.45) is 1.90. The molecule has 0 saturated heterocycles. The summed E-state index contributed by atoms with van der Waals surface area (Å²) in [6.45, 7) is 5.27. The highest BCUT2D eigenvalue weighted by Gasteiger charge is 2.24. The van der Waals surface area contributed by atoms with E-state index in [1.54, 1.807) is 0 Å². The van der Waals surface area contributed by atoms with E-state index in [1.165, 1.54) is 11.1 Å². The van der Waals surface area contributed by atoms with Crippen molar-refractivity contribution in [1.29, 1.82) is 0 Å². The number of carbonyl (C=O) groups excluding carboxylic acids is 1. The van der Waals surface area contributed by atoms with Crippen molar-refractivity contribution < 1.29 is 4.79 Å². The molecule has 2 heteroatoms. The number of nitrogens with one attached hydrogen (secondary N) is 1. The molecule has 0 aliphatic carbocycles. The Labute approximate surface area is 84.3 Å². The topological polar surface area (TPSA) is 29.1 Å². The van der Waals surface area contributed by atoms with E-state index >= 15 is 0 Å². The molecular weight excluding hydrogens is 174 g/mol. The van der Waals surface area contributed by atoms with Gasteiger partial charge in [0.2, 0.25) is 0 Å². The lowest BCUT2D eigenvalue weighted by atomic mass is 9.87. The molecule has 2 nitrogen and oxygen atoms in total. The first kappa shape index (κ1) is 9.41. The molecule has 1 aliphatic heterocycles. The normalized spacial score (nSPS) is 18.7. The molecule has 0 fully saturated rings. The Morgan fingerprint density at radius 2 is 2.14 bits per heavy atom. The number of hydrogen-bond donors (Lipinski definition) is 1. The van der Waals surface area contributed by atoms with Crippen molar-refractivity contribution in [2.24, 2.45) is 0 Å². The van der Waals surface area contributed by atoms with Crippen molar-refractivity contribution >= 4 is 6.29 Å². The van der Waals surface area contributed by atoms with Gasteiger partial charge in [-0.25, -0.2) is 0 Å². The van der Waals surface area contributed by atoms with Crippen LogP contribution in [0.5, 0.6) is 0 Å². The third-order valence-corrected chi connectivity index (χ3v) is 2.76.